The van der Waals surface area contributed by atoms with Gasteiger partial charge in [-0.15, -0.1) is 11.3 Å². The molecule has 7 nitrogen and oxygen atoms in total. The Morgan fingerprint density at radius 2 is 1.81 bits per heavy atom. The lowest BCUT2D eigenvalue weighted by Gasteiger charge is -2.35. The van der Waals surface area contributed by atoms with Crippen molar-refractivity contribution in [2.45, 2.75) is 0 Å². The van der Waals surface area contributed by atoms with Crippen LogP contribution in [0.4, 0.5) is 15.8 Å². The lowest BCUT2D eigenvalue weighted by molar-refractivity contribution is -0.142. The molecule has 32 heavy (non-hydrogen) atoms. The van der Waals surface area contributed by atoms with E-state index in [-0.39, 0.29) is 17.7 Å². The normalized spacial score (nSPS) is 14.2. The summed E-state index contributed by atoms with van der Waals surface area (Å²) >= 11 is 1.15. The minimum Gasteiger partial charge on any atom is -0.468 e. The predicted octanol–water partition coefficient (Wildman–Crippen LogP) is 3.50. The van der Waals surface area contributed by atoms with E-state index in [1.165, 1.54) is 19.4 Å². The number of carbonyl (C=O) groups excluding carboxylic acids is 2. The van der Waals surface area contributed by atoms with Crippen molar-refractivity contribution in [2.75, 3.05) is 50.1 Å². The second kappa shape index (κ2) is 9.88. The number of nitrogens with zero attached hydrogens (tertiary/aromatic N) is 3. The highest BCUT2D eigenvalue weighted by Crippen LogP contribution is 2.28. The molecule has 0 saturated carbocycles. The Bertz CT molecular complexity index is 1090. The van der Waals surface area contributed by atoms with Crippen LogP contribution in [-0.4, -0.2) is 61.6 Å². The molecule has 1 aliphatic heterocycles. The number of esters is 1. The number of nitrogens with one attached hydrogen (secondary N) is 1. The van der Waals surface area contributed by atoms with E-state index in [0.29, 0.717) is 27.7 Å². The summed E-state index contributed by atoms with van der Waals surface area (Å²) in [7, 11) is 1.40. The van der Waals surface area contributed by atoms with Crippen molar-refractivity contribution in [1.82, 2.24) is 9.88 Å². The van der Waals surface area contributed by atoms with Gasteiger partial charge < -0.3 is 15.0 Å². The molecule has 1 aromatic heterocycles. The van der Waals surface area contributed by atoms with Crippen molar-refractivity contribution in [1.29, 1.82) is 0 Å². The zero-order valence-electron chi connectivity index (χ0n) is 17.6. The Balaban J connectivity index is 1.34. The summed E-state index contributed by atoms with van der Waals surface area (Å²) in [5.41, 5.74) is 2.11. The minimum absolute atomic E-state index is 0.222. The molecule has 3 aromatic rings. The summed E-state index contributed by atoms with van der Waals surface area (Å²) in [6.07, 6.45) is 1.46. The first kappa shape index (κ1) is 21.9. The molecule has 1 fully saturated rings. The molecule has 4 rings (SSSR count). The van der Waals surface area contributed by atoms with Crippen molar-refractivity contribution in [2.24, 2.45) is 0 Å². The van der Waals surface area contributed by atoms with Gasteiger partial charge in [0.25, 0.3) is 5.91 Å². The van der Waals surface area contributed by atoms with Crippen molar-refractivity contribution >= 4 is 34.6 Å². The SMILES string of the molecule is COC(=O)CN1CCN(c2ccc(NC(=O)c3cnc(-c4ccccc4F)s3)cc2)CC1. The van der Waals surface area contributed by atoms with Gasteiger partial charge >= 0.3 is 5.97 Å². The van der Waals surface area contributed by atoms with Gasteiger partial charge in [0.15, 0.2) is 0 Å². The monoisotopic (exact) mass is 454 g/mol. The molecule has 1 aliphatic rings. The maximum atomic E-state index is 14.0. The Morgan fingerprint density at radius 3 is 2.50 bits per heavy atom. The smallest absolute Gasteiger partial charge is 0.319 e. The standard InChI is InChI=1S/C23H23FN4O3S/c1-31-21(29)15-27-10-12-28(13-11-27)17-8-6-16(7-9-17)26-22(30)20-14-25-23(32-20)18-4-2-3-5-19(18)24/h2-9,14H,10-13,15H2,1H3,(H,26,30). The van der Waals surface area contributed by atoms with Crippen LogP contribution in [-0.2, 0) is 9.53 Å². The average molecular weight is 455 g/mol. The second-order valence-corrected chi connectivity index (χ2v) is 8.38. The number of hydrogen-bond donors (Lipinski definition) is 1. The van der Waals surface area contributed by atoms with E-state index in [4.69, 9.17) is 4.74 Å². The van der Waals surface area contributed by atoms with Crippen LogP contribution in [0.5, 0.6) is 0 Å². The number of thiazole rings is 1. The highest BCUT2D eigenvalue weighted by Gasteiger charge is 2.20. The van der Waals surface area contributed by atoms with Crippen LogP contribution in [0.3, 0.4) is 0 Å². The molecule has 1 amide bonds. The van der Waals surface area contributed by atoms with E-state index in [9.17, 15) is 14.0 Å². The fourth-order valence-electron chi connectivity index (χ4n) is 3.50. The van der Waals surface area contributed by atoms with Crippen LogP contribution < -0.4 is 10.2 Å². The van der Waals surface area contributed by atoms with E-state index in [2.05, 4.69) is 20.1 Å². The van der Waals surface area contributed by atoms with Gasteiger partial charge in [-0.1, -0.05) is 12.1 Å². The molecule has 0 aliphatic carbocycles. The van der Waals surface area contributed by atoms with E-state index in [1.807, 2.05) is 24.3 Å². The third-order valence-electron chi connectivity index (χ3n) is 5.28. The van der Waals surface area contributed by atoms with Crippen LogP contribution in [0.2, 0.25) is 0 Å². The van der Waals surface area contributed by atoms with Crippen LogP contribution >= 0.6 is 11.3 Å². The van der Waals surface area contributed by atoms with Gasteiger partial charge in [0.05, 0.1) is 19.9 Å². The second-order valence-electron chi connectivity index (χ2n) is 7.35. The van der Waals surface area contributed by atoms with Crippen LogP contribution in [0.25, 0.3) is 10.6 Å². The fraction of sp³-hybridized carbons (Fsp3) is 0.261. The summed E-state index contributed by atoms with van der Waals surface area (Å²) in [6.45, 7) is 3.49. The molecule has 1 saturated heterocycles. The maximum Gasteiger partial charge on any atom is 0.319 e. The third-order valence-corrected chi connectivity index (χ3v) is 6.31. The number of rotatable bonds is 6. The first-order valence-electron chi connectivity index (χ1n) is 10.2. The Morgan fingerprint density at radius 1 is 1.09 bits per heavy atom. The van der Waals surface area contributed by atoms with Crippen LogP contribution in [0.15, 0.2) is 54.7 Å². The topological polar surface area (TPSA) is 74.8 Å². The van der Waals surface area contributed by atoms with Crippen LogP contribution in [0, 0.1) is 5.82 Å². The number of aromatic nitrogens is 1. The average Bonchev–Trinajstić information content (AvgIpc) is 3.31. The van der Waals surface area contributed by atoms with Gasteiger partial charge in [0.1, 0.15) is 15.7 Å². The van der Waals surface area contributed by atoms with Crippen molar-refractivity contribution in [3.8, 4) is 10.6 Å². The first-order chi connectivity index (χ1) is 15.5. The van der Waals surface area contributed by atoms with Crippen LogP contribution in [0.1, 0.15) is 9.67 Å². The Hall–Kier alpha value is -3.30. The first-order valence-corrected chi connectivity index (χ1v) is 11.0. The lowest BCUT2D eigenvalue weighted by atomic mass is 10.2. The number of anilines is 2. The maximum absolute atomic E-state index is 14.0. The van der Waals surface area contributed by atoms with E-state index < -0.39 is 0 Å². The Kier molecular flexibility index (Phi) is 6.77. The zero-order valence-corrected chi connectivity index (χ0v) is 18.4. The van der Waals surface area contributed by atoms with Gasteiger partial charge in [0.2, 0.25) is 0 Å². The Labute approximate surface area is 189 Å². The van der Waals surface area contributed by atoms with Gasteiger partial charge in [0, 0.05) is 43.1 Å². The summed E-state index contributed by atoms with van der Waals surface area (Å²) < 4.78 is 18.7. The number of hydrogen-bond acceptors (Lipinski definition) is 7. The third kappa shape index (κ3) is 5.12. The molecule has 0 unspecified atom stereocenters. The van der Waals surface area contributed by atoms with Gasteiger partial charge in [-0.2, -0.15) is 0 Å². The number of benzene rings is 2. The summed E-state index contributed by atoms with van der Waals surface area (Å²) in [6, 6.07) is 14.0. The number of ether oxygens (including phenoxy) is 1. The quantitative estimate of drug-likeness (QED) is 0.575. The molecular formula is C23H23FN4O3S. The molecule has 0 bridgehead atoms. The van der Waals surface area contributed by atoms with Crippen molar-refractivity contribution in [3.05, 3.63) is 65.4 Å². The highest BCUT2D eigenvalue weighted by molar-refractivity contribution is 7.17. The number of halogens is 1. The van der Waals surface area contributed by atoms with Gasteiger partial charge in [-0.05, 0) is 36.4 Å². The molecule has 0 radical (unpaired) electrons. The van der Waals surface area contributed by atoms with Gasteiger partial charge in [-0.3, -0.25) is 14.5 Å². The molecule has 0 spiro atoms. The van der Waals surface area contributed by atoms with Crippen molar-refractivity contribution in [3.63, 3.8) is 0 Å². The van der Waals surface area contributed by atoms with E-state index >= 15 is 0 Å². The van der Waals surface area contributed by atoms with Crippen molar-refractivity contribution < 1.29 is 18.7 Å². The number of amides is 1. The predicted molar refractivity (Wildman–Crippen MR) is 123 cm³/mol. The van der Waals surface area contributed by atoms with E-state index in [0.717, 1.165) is 43.2 Å². The molecule has 166 valence electrons. The molecule has 2 aromatic carbocycles. The number of piperazine rings is 1. The molecule has 9 heteroatoms. The summed E-state index contributed by atoms with van der Waals surface area (Å²) in [5, 5.41) is 3.33. The molecular weight excluding hydrogens is 431 g/mol. The minimum atomic E-state index is -0.365. The largest absolute Gasteiger partial charge is 0.468 e. The fourth-order valence-corrected chi connectivity index (χ4v) is 4.34. The molecule has 0 atom stereocenters. The van der Waals surface area contributed by atoms with E-state index in [1.54, 1.807) is 18.2 Å². The molecule has 2 heterocycles. The number of methoxy groups -OCH3 is 1. The highest BCUT2D eigenvalue weighted by atomic mass is 32.1. The summed E-state index contributed by atoms with van der Waals surface area (Å²) in [4.78, 5) is 32.9. The number of carbonyl (C=O) groups is 2. The molecule has 1 N–H and O–H groups in total. The summed E-state index contributed by atoms with van der Waals surface area (Å²) in [5.74, 6) is -0.870. The van der Waals surface area contributed by atoms with Gasteiger partial charge in [-0.25, -0.2) is 9.37 Å². The zero-order chi connectivity index (χ0) is 22.5. The lowest BCUT2D eigenvalue weighted by Crippen LogP contribution is -2.48.